The van der Waals surface area contributed by atoms with E-state index in [2.05, 4.69) is 39.4 Å². The minimum atomic E-state index is 0.307. The number of hydrogen-bond acceptors (Lipinski definition) is 3. The number of hydrogen-bond donors (Lipinski definition) is 2. The molecular formula is C19H23N3OS. The highest BCUT2D eigenvalue weighted by molar-refractivity contribution is 7.80. The van der Waals surface area contributed by atoms with Gasteiger partial charge in [0.05, 0.1) is 0 Å². The van der Waals surface area contributed by atoms with Gasteiger partial charge in [0.2, 0.25) is 0 Å². The smallest absolute Gasteiger partial charge is 0.169 e. The van der Waals surface area contributed by atoms with Gasteiger partial charge in [-0.2, -0.15) is 0 Å². The van der Waals surface area contributed by atoms with Crippen molar-refractivity contribution in [2.45, 2.75) is 6.42 Å². The fraction of sp³-hybridized carbons (Fsp3) is 0.316. The third-order valence-corrected chi connectivity index (χ3v) is 4.72. The Balaban J connectivity index is 1.42. The van der Waals surface area contributed by atoms with Crippen molar-refractivity contribution in [3.63, 3.8) is 0 Å². The average molecular weight is 341 g/mol. The van der Waals surface area contributed by atoms with E-state index < -0.39 is 0 Å². The number of anilines is 1. The summed E-state index contributed by atoms with van der Waals surface area (Å²) in [4.78, 5) is 4.56. The van der Waals surface area contributed by atoms with Gasteiger partial charge in [-0.1, -0.05) is 30.3 Å². The predicted molar refractivity (Wildman–Crippen MR) is 103 cm³/mol. The van der Waals surface area contributed by atoms with E-state index in [4.69, 9.17) is 12.2 Å². The topological polar surface area (TPSA) is 38.7 Å². The molecule has 2 aromatic rings. The minimum Gasteiger partial charge on any atom is -0.508 e. The van der Waals surface area contributed by atoms with Crippen LogP contribution in [0.15, 0.2) is 54.6 Å². The molecule has 0 radical (unpaired) electrons. The molecule has 0 amide bonds. The van der Waals surface area contributed by atoms with E-state index in [0.717, 1.165) is 49.9 Å². The summed E-state index contributed by atoms with van der Waals surface area (Å²) in [5, 5.41) is 13.6. The molecule has 2 aromatic carbocycles. The zero-order valence-electron chi connectivity index (χ0n) is 13.7. The van der Waals surface area contributed by atoms with E-state index in [0.29, 0.717) is 5.75 Å². The first-order chi connectivity index (χ1) is 11.7. The molecular weight excluding hydrogens is 318 g/mol. The van der Waals surface area contributed by atoms with Crippen molar-refractivity contribution in [2.24, 2.45) is 0 Å². The van der Waals surface area contributed by atoms with Gasteiger partial charge in [-0.15, -0.1) is 0 Å². The Morgan fingerprint density at radius 2 is 1.62 bits per heavy atom. The van der Waals surface area contributed by atoms with Crippen LogP contribution in [0.4, 0.5) is 5.69 Å². The number of nitrogens with zero attached hydrogens (tertiary/aromatic N) is 2. The molecule has 1 aliphatic rings. The Kier molecular flexibility index (Phi) is 5.54. The van der Waals surface area contributed by atoms with Gasteiger partial charge in [0.15, 0.2) is 5.11 Å². The minimum absolute atomic E-state index is 0.307. The van der Waals surface area contributed by atoms with Gasteiger partial charge in [0.25, 0.3) is 0 Å². The van der Waals surface area contributed by atoms with Crippen molar-refractivity contribution in [1.29, 1.82) is 0 Å². The second kappa shape index (κ2) is 8.02. The fourth-order valence-corrected chi connectivity index (χ4v) is 3.19. The van der Waals surface area contributed by atoms with Crippen molar-refractivity contribution in [2.75, 3.05) is 37.6 Å². The molecule has 24 heavy (non-hydrogen) atoms. The second-order valence-corrected chi connectivity index (χ2v) is 6.34. The molecule has 126 valence electrons. The van der Waals surface area contributed by atoms with Crippen molar-refractivity contribution < 1.29 is 5.11 Å². The van der Waals surface area contributed by atoms with E-state index in [1.54, 1.807) is 12.1 Å². The van der Waals surface area contributed by atoms with Crippen molar-refractivity contribution >= 4 is 23.0 Å². The highest BCUT2D eigenvalue weighted by Gasteiger charge is 2.18. The fourth-order valence-electron chi connectivity index (χ4n) is 2.90. The summed E-state index contributed by atoms with van der Waals surface area (Å²) in [6, 6.07) is 17.8. The van der Waals surface area contributed by atoms with Crippen LogP contribution in [0.3, 0.4) is 0 Å². The Hall–Kier alpha value is -2.27. The van der Waals surface area contributed by atoms with E-state index in [1.807, 2.05) is 18.2 Å². The van der Waals surface area contributed by atoms with E-state index in [1.165, 1.54) is 5.56 Å². The highest BCUT2D eigenvalue weighted by Crippen LogP contribution is 2.19. The second-order valence-electron chi connectivity index (χ2n) is 5.96. The Bertz CT molecular complexity index is 652. The molecule has 0 spiro atoms. The largest absolute Gasteiger partial charge is 0.508 e. The van der Waals surface area contributed by atoms with Crippen LogP contribution in [0.5, 0.6) is 5.75 Å². The lowest BCUT2D eigenvalue weighted by Gasteiger charge is -2.37. The first-order valence-electron chi connectivity index (χ1n) is 8.33. The summed E-state index contributed by atoms with van der Waals surface area (Å²) in [7, 11) is 0. The van der Waals surface area contributed by atoms with Crippen LogP contribution < -0.4 is 10.2 Å². The molecule has 0 unspecified atom stereocenters. The molecule has 1 aliphatic heterocycles. The summed E-state index contributed by atoms with van der Waals surface area (Å²) in [6.45, 7) is 4.56. The normalized spacial score (nSPS) is 14.5. The van der Waals surface area contributed by atoms with Gasteiger partial charge >= 0.3 is 0 Å². The van der Waals surface area contributed by atoms with Gasteiger partial charge in [0.1, 0.15) is 5.75 Å². The van der Waals surface area contributed by atoms with Crippen LogP contribution in [0.25, 0.3) is 0 Å². The van der Waals surface area contributed by atoms with Crippen LogP contribution in [0.2, 0.25) is 0 Å². The molecule has 2 N–H and O–H groups in total. The third kappa shape index (κ3) is 4.38. The standard InChI is InChI=1S/C19H23N3OS/c23-18-8-6-17(7-9-18)21-12-14-22(15-13-21)19(24)20-11-10-16-4-2-1-3-5-16/h1-9,23H,10-15H2,(H,20,24). The predicted octanol–water partition coefficient (Wildman–Crippen LogP) is 2.63. The maximum Gasteiger partial charge on any atom is 0.169 e. The number of rotatable bonds is 4. The maximum absolute atomic E-state index is 9.38. The Morgan fingerprint density at radius 1 is 0.958 bits per heavy atom. The van der Waals surface area contributed by atoms with Gasteiger partial charge in [-0.25, -0.2) is 0 Å². The number of aromatic hydroxyl groups is 1. The highest BCUT2D eigenvalue weighted by atomic mass is 32.1. The van der Waals surface area contributed by atoms with Crippen LogP contribution in [0.1, 0.15) is 5.56 Å². The zero-order chi connectivity index (χ0) is 16.8. The number of phenolic OH excluding ortho intramolecular Hbond substituents is 1. The van der Waals surface area contributed by atoms with Crippen LogP contribution in [-0.4, -0.2) is 47.8 Å². The molecule has 4 nitrogen and oxygen atoms in total. The van der Waals surface area contributed by atoms with Gasteiger partial charge in [-0.05, 0) is 48.5 Å². The number of benzene rings is 2. The molecule has 1 fully saturated rings. The maximum atomic E-state index is 9.38. The molecule has 0 bridgehead atoms. The summed E-state index contributed by atoms with van der Waals surface area (Å²) in [6.07, 6.45) is 0.981. The lowest BCUT2D eigenvalue weighted by atomic mass is 10.1. The molecule has 1 heterocycles. The van der Waals surface area contributed by atoms with Gasteiger partial charge in [0, 0.05) is 38.4 Å². The summed E-state index contributed by atoms with van der Waals surface area (Å²) in [5.41, 5.74) is 2.47. The van der Waals surface area contributed by atoms with Crippen molar-refractivity contribution in [3.05, 3.63) is 60.2 Å². The SMILES string of the molecule is Oc1ccc(N2CCN(C(=S)NCCc3ccccc3)CC2)cc1. The number of piperazine rings is 1. The Morgan fingerprint density at radius 3 is 2.29 bits per heavy atom. The molecule has 0 aromatic heterocycles. The Labute approximate surface area is 148 Å². The molecule has 0 atom stereocenters. The summed E-state index contributed by atoms with van der Waals surface area (Å²) >= 11 is 5.53. The lowest BCUT2D eigenvalue weighted by Crippen LogP contribution is -2.52. The van der Waals surface area contributed by atoms with E-state index in [9.17, 15) is 5.11 Å². The van der Waals surface area contributed by atoms with E-state index >= 15 is 0 Å². The van der Waals surface area contributed by atoms with Crippen molar-refractivity contribution in [3.8, 4) is 5.75 Å². The van der Waals surface area contributed by atoms with Crippen LogP contribution in [0, 0.1) is 0 Å². The summed E-state index contributed by atoms with van der Waals surface area (Å²) < 4.78 is 0. The first-order valence-corrected chi connectivity index (χ1v) is 8.74. The molecule has 1 saturated heterocycles. The number of phenols is 1. The van der Waals surface area contributed by atoms with Gasteiger partial charge in [-0.3, -0.25) is 0 Å². The number of nitrogens with one attached hydrogen (secondary N) is 1. The molecule has 3 rings (SSSR count). The molecule has 0 aliphatic carbocycles. The van der Waals surface area contributed by atoms with Gasteiger partial charge < -0.3 is 20.2 Å². The first kappa shape index (κ1) is 16.6. The number of thiocarbonyl (C=S) groups is 1. The summed E-state index contributed by atoms with van der Waals surface area (Å²) in [5.74, 6) is 0.307. The molecule has 5 heteroatoms. The lowest BCUT2D eigenvalue weighted by molar-refractivity contribution is 0.380. The third-order valence-electron chi connectivity index (χ3n) is 4.31. The zero-order valence-corrected chi connectivity index (χ0v) is 14.5. The monoisotopic (exact) mass is 341 g/mol. The van der Waals surface area contributed by atoms with Crippen LogP contribution in [-0.2, 0) is 6.42 Å². The van der Waals surface area contributed by atoms with Crippen molar-refractivity contribution in [1.82, 2.24) is 10.2 Å². The quantitative estimate of drug-likeness (QED) is 0.837. The van der Waals surface area contributed by atoms with Crippen LogP contribution >= 0.6 is 12.2 Å². The van der Waals surface area contributed by atoms with E-state index in [-0.39, 0.29) is 0 Å². The molecule has 0 saturated carbocycles. The average Bonchev–Trinajstić information content (AvgIpc) is 2.63.